The number of carboxylic acid groups (broad SMARTS) is 1. The smallest absolute Gasteiger partial charge is 0.310 e. The van der Waals surface area contributed by atoms with E-state index in [4.69, 9.17) is 4.99 Å². The van der Waals surface area contributed by atoms with Crippen molar-refractivity contribution in [2.45, 2.75) is 27.7 Å². The Balaban J connectivity index is 1.60. The van der Waals surface area contributed by atoms with E-state index in [1.165, 1.54) is 16.7 Å². The summed E-state index contributed by atoms with van der Waals surface area (Å²) in [5.74, 6) is 0.274. The number of nitrogens with zero attached hydrogens (tertiary/aromatic N) is 3. The largest absolute Gasteiger partial charge is 0.481 e. The van der Waals surface area contributed by atoms with Crippen LogP contribution in [0.25, 0.3) is 0 Å². The van der Waals surface area contributed by atoms with E-state index in [1.54, 1.807) is 25.2 Å². The number of aliphatic carboxylic acids is 1. The molecule has 4 rings (SSSR count). The van der Waals surface area contributed by atoms with Crippen LogP contribution in [-0.2, 0) is 4.79 Å². The summed E-state index contributed by atoms with van der Waals surface area (Å²) in [7, 11) is 0. The fourth-order valence-electron chi connectivity index (χ4n) is 3.93. The minimum Gasteiger partial charge on any atom is -0.481 e. The molecular weight excluding hydrogens is 384 g/mol. The van der Waals surface area contributed by atoms with Crippen LogP contribution in [0.5, 0.6) is 0 Å². The Bertz CT molecular complexity index is 971. The number of aliphatic imine (C=N–C) groups is 1. The lowest BCUT2D eigenvalue weighted by atomic mass is 9.93. The molecule has 0 radical (unpaired) electrons. The zero-order valence-corrected chi connectivity index (χ0v) is 18.3. The lowest BCUT2D eigenvalue weighted by molar-refractivity contribution is -0.148. The standard InChI is InChI=1S/C22H28N4O2S/c1-14-5-6-16-17(11-14)24-20-18(15(2)12-29-20)19(23-16)26-9-7-25(8-10-26)13-22(3,4)21(27)28/h5-6,11-12,24H,7-10,13H2,1-4H3,(H,27,28). The molecule has 29 heavy (non-hydrogen) atoms. The minimum absolute atomic E-state index is 0.565. The number of carbonyl (C=O) groups is 1. The van der Waals surface area contributed by atoms with Gasteiger partial charge in [-0.1, -0.05) is 6.07 Å². The van der Waals surface area contributed by atoms with Crippen LogP contribution in [0.15, 0.2) is 28.6 Å². The molecule has 2 N–H and O–H groups in total. The average molecular weight is 413 g/mol. The Morgan fingerprint density at radius 2 is 1.97 bits per heavy atom. The summed E-state index contributed by atoms with van der Waals surface area (Å²) in [6.45, 7) is 11.7. The molecule has 2 aliphatic heterocycles. The van der Waals surface area contributed by atoms with Gasteiger partial charge in [-0.3, -0.25) is 9.69 Å². The highest BCUT2D eigenvalue weighted by Gasteiger charge is 2.32. The molecule has 154 valence electrons. The summed E-state index contributed by atoms with van der Waals surface area (Å²) in [5.41, 5.74) is 4.89. The summed E-state index contributed by atoms with van der Waals surface area (Å²) >= 11 is 1.72. The quantitative estimate of drug-likeness (QED) is 0.790. The molecule has 1 fully saturated rings. The van der Waals surface area contributed by atoms with Crippen molar-refractivity contribution in [2.75, 3.05) is 38.0 Å². The van der Waals surface area contributed by atoms with Crippen LogP contribution in [0.2, 0.25) is 0 Å². The van der Waals surface area contributed by atoms with Crippen LogP contribution < -0.4 is 5.32 Å². The number of aryl methyl sites for hydroxylation is 2. The van der Waals surface area contributed by atoms with Gasteiger partial charge >= 0.3 is 5.97 Å². The number of piperazine rings is 1. The van der Waals surface area contributed by atoms with E-state index >= 15 is 0 Å². The highest BCUT2D eigenvalue weighted by molar-refractivity contribution is 7.14. The zero-order chi connectivity index (χ0) is 20.8. The summed E-state index contributed by atoms with van der Waals surface area (Å²) in [5, 5.41) is 16.3. The molecular formula is C22H28N4O2S. The Hall–Kier alpha value is -2.38. The second-order valence-electron chi connectivity index (χ2n) is 8.66. The number of amidine groups is 1. The van der Waals surface area contributed by atoms with E-state index in [-0.39, 0.29) is 0 Å². The Morgan fingerprint density at radius 1 is 1.24 bits per heavy atom. The van der Waals surface area contributed by atoms with Crippen molar-refractivity contribution in [1.82, 2.24) is 9.80 Å². The van der Waals surface area contributed by atoms with Crippen molar-refractivity contribution < 1.29 is 9.90 Å². The molecule has 2 aliphatic rings. The minimum atomic E-state index is -0.746. The van der Waals surface area contributed by atoms with E-state index < -0.39 is 11.4 Å². The van der Waals surface area contributed by atoms with Crippen LogP contribution in [0.1, 0.15) is 30.5 Å². The number of hydrogen-bond acceptors (Lipinski definition) is 6. The SMILES string of the molecule is Cc1ccc2c(c1)Nc1scc(C)c1C(N1CCN(CC(C)(C)C(=O)O)CC1)=N2. The molecule has 0 saturated carbocycles. The van der Waals surface area contributed by atoms with Gasteiger partial charge < -0.3 is 15.3 Å². The summed E-state index contributed by atoms with van der Waals surface area (Å²) < 4.78 is 0. The van der Waals surface area contributed by atoms with E-state index in [0.29, 0.717) is 6.54 Å². The number of anilines is 2. The van der Waals surface area contributed by atoms with Crippen LogP contribution in [-0.4, -0.2) is 59.4 Å². The van der Waals surface area contributed by atoms with Crippen molar-refractivity contribution in [3.8, 4) is 0 Å². The van der Waals surface area contributed by atoms with Gasteiger partial charge in [0.25, 0.3) is 0 Å². The van der Waals surface area contributed by atoms with Gasteiger partial charge in [0.2, 0.25) is 0 Å². The molecule has 0 aliphatic carbocycles. The number of fused-ring (bicyclic) bond motifs is 2. The molecule has 7 heteroatoms. The maximum Gasteiger partial charge on any atom is 0.310 e. The Kier molecular flexibility index (Phi) is 5.12. The Labute approximate surface area is 175 Å². The molecule has 0 unspecified atom stereocenters. The summed E-state index contributed by atoms with van der Waals surface area (Å²) in [4.78, 5) is 21.1. The van der Waals surface area contributed by atoms with Crippen LogP contribution in [0.4, 0.5) is 16.4 Å². The predicted molar refractivity (Wildman–Crippen MR) is 119 cm³/mol. The maximum atomic E-state index is 11.5. The first kappa shape index (κ1) is 19.9. The fourth-order valence-corrected chi connectivity index (χ4v) is 4.88. The van der Waals surface area contributed by atoms with Gasteiger partial charge in [-0.2, -0.15) is 0 Å². The second kappa shape index (κ2) is 7.46. The van der Waals surface area contributed by atoms with Gasteiger partial charge in [0, 0.05) is 32.7 Å². The number of rotatable bonds is 3. The third kappa shape index (κ3) is 3.89. The first-order valence-electron chi connectivity index (χ1n) is 10.00. The molecule has 0 spiro atoms. The average Bonchev–Trinajstić information content (AvgIpc) is 2.93. The highest BCUT2D eigenvalue weighted by atomic mass is 32.1. The van der Waals surface area contributed by atoms with Crippen LogP contribution in [0, 0.1) is 19.3 Å². The molecule has 6 nitrogen and oxygen atoms in total. The second-order valence-corrected chi connectivity index (χ2v) is 9.54. The topological polar surface area (TPSA) is 68.2 Å². The third-order valence-corrected chi connectivity index (χ3v) is 6.71. The van der Waals surface area contributed by atoms with Crippen LogP contribution >= 0.6 is 11.3 Å². The molecule has 0 bridgehead atoms. The fraction of sp³-hybridized carbons (Fsp3) is 0.455. The molecule has 0 amide bonds. The van der Waals surface area contributed by atoms with Crippen molar-refractivity contribution >= 4 is 39.5 Å². The number of benzene rings is 1. The lowest BCUT2D eigenvalue weighted by Gasteiger charge is -2.39. The molecule has 1 saturated heterocycles. The molecule has 1 aromatic heterocycles. The van der Waals surface area contributed by atoms with Gasteiger partial charge in [-0.15, -0.1) is 11.3 Å². The van der Waals surface area contributed by atoms with E-state index in [1.807, 2.05) is 0 Å². The first-order chi connectivity index (χ1) is 13.7. The van der Waals surface area contributed by atoms with Gasteiger partial charge in [0.1, 0.15) is 10.8 Å². The number of nitrogens with one attached hydrogen (secondary N) is 1. The van der Waals surface area contributed by atoms with E-state index in [0.717, 1.165) is 48.4 Å². The van der Waals surface area contributed by atoms with Crippen molar-refractivity contribution in [3.05, 3.63) is 40.3 Å². The van der Waals surface area contributed by atoms with Gasteiger partial charge in [-0.05, 0) is 56.3 Å². The number of hydrogen-bond donors (Lipinski definition) is 2. The molecule has 3 heterocycles. The van der Waals surface area contributed by atoms with Gasteiger partial charge in [-0.25, -0.2) is 4.99 Å². The first-order valence-corrected chi connectivity index (χ1v) is 10.9. The molecule has 0 atom stereocenters. The van der Waals surface area contributed by atoms with E-state index in [9.17, 15) is 9.90 Å². The monoisotopic (exact) mass is 412 g/mol. The van der Waals surface area contributed by atoms with Crippen molar-refractivity contribution in [2.24, 2.45) is 10.4 Å². The third-order valence-electron chi connectivity index (χ3n) is 5.69. The lowest BCUT2D eigenvalue weighted by Crippen LogP contribution is -2.52. The van der Waals surface area contributed by atoms with Crippen LogP contribution in [0.3, 0.4) is 0 Å². The highest BCUT2D eigenvalue weighted by Crippen LogP contribution is 2.40. The van der Waals surface area contributed by atoms with Crippen molar-refractivity contribution in [1.29, 1.82) is 0 Å². The molecule has 2 aromatic rings. The van der Waals surface area contributed by atoms with Gasteiger partial charge in [0.05, 0.1) is 22.4 Å². The summed E-state index contributed by atoms with van der Waals surface area (Å²) in [6, 6.07) is 6.32. The van der Waals surface area contributed by atoms with E-state index in [2.05, 4.69) is 52.5 Å². The van der Waals surface area contributed by atoms with Crippen molar-refractivity contribution in [3.63, 3.8) is 0 Å². The molecule has 1 aromatic carbocycles. The summed E-state index contributed by atoms with van der Waals surface area (Å²) in [6.07, 6.45) is 0. The zero-order valence-electron chi connectivity index (χ0n) is 17.5. The normalized spacial score (nSPS) is 17.1. The Morgan fingerprint density at radius 3 is 2.66 bits per heavy atom. The number of thiophene rings is 1. The van der Waals surface area contributed by atoms with Gasteiger partial charge in [0.15, 0.2) is 0 Å². The maximum absolute atomic E-state index is 11.5. The number of carboxylic acids is 1. The predicted octanol–water partition coefficient (Wildman–Crippen LogP) is 4.23.